The molecule has 23 heavy (non-hydrogen) atoms. The molecule has 0 spiro atoms. The second-order valence-electron chi connectivity index (χ2n) is 5.63. The van der Waals surface area contributed by atoms with Crippen LogP contribution in [0.15, 0.2) is 12.1 Å². The number of hydrogen-bond acceptors (Lipinski definition) is 4. The third kappa shape index (κ3) is 4.22. The van der Waals surface area contributed by atoms with Crippen LogP contribution >= 0.6 is 0 Å². The zero-order chi connectivity index (χ0) is 17.0. The van der Waals surface area contributed by atoms with Crippen LogP contribution in [0.4, 0.5) is 13.2 Å². The summed E-state index contributed by atoms with van der Waals surface area (Å²) in [5, 5.41) is 0. The van der Waals surface area contributed by atoms with Crippen molar-refractivity contribution >= 4 is 0 Å². The van der Waals surface area contributed by atoms with E-state index in [4.69, 9.17) is 14.2 Å². The van der Waals surface area contributed by atoms with E-state index in [1.54, 1.807) is 0 Å². The van der Waals surface area contributed by atoms with Crippen molar-refractivity contribution in [1.82, 2.24) is 4.90 Å². The molecule has 1 aliphatic rings. The minimum absolute atomic E-state index is 0.147. The van der Waals surface area contributed by atoms with E-state index in [9.17, 15) is 13.2 Å². The number of hydrogen-bond donors (Lipinski definition) is 0. The van der Waals surface area contributed by atoms with E-state index in [0.29, 0.717) is 36.9 Å². The fourth-order valence-electron chi connectivity index (χ4n) is 2.90. The predicted molar refractivity (Wildman–Crippen MR) is 80.2 cm³/mol. The minimum Gasteiger partial charge on any atom is -0.493 e. The maximum absolute atomic E-state index is 12.7. The predicted octanol–water partition coefficient (Wildman–Crippen LogP) is 3.49. The van der Waals surface area contributed by atoms with Crippen LogP contribution < -0.4 is 14.2 Å². The molecule has 0 saturated carbocycles. The average Bonchev–Trinajstić information content (AvgIpc) is 2.53. The van der Waals surface area contributed by atoms with Crippen molar-refractivity contribution in [2.45, 2.75) is 25.6 Å². The van der Waals surface area contributed by atoms with Crippen LogP contribution in [0.2, 0.25) is 0 Å². The standard InChI is InChI=1S/C16H22F3NO3/c1-21-13-8-11(9-14(22-2)15(13)23-3)10-20-6-4-12(5-7-20)16(17,18)19/h8-9,12H,4-7,10H2,1-3H3. The molecule has 2 rings (SSSR count). The zero-order valence-corrected chi connectivity index (χ0v) is 13.6. The number of methoxy groups -OCH3 is 3. The van der Waals surface area contributed by atoms with Gasteiger partial charge in [-0.25, -0.2) is 0 Å². The second kappa shape index (κ2) is 7.29. The van der Waals surface area contributed by atoms with Gasteiger partial charge in [-0.3, -0.25) is 4.90 Å². The summed E-state index contributed by atoms with van der Waals surface area (Å²) in [4.78, 5) is 2.02. The molecule has 0 aliphatic carbocycles. The molecule has 1 aromatic carbocycles. The van der Waals surface area contributed by atoms with Gasteiger partial charge >= 0.3 is 6.18 Å². The van der Waals surface area contributed by atoms with E-state index in [1.807, 2.05) is 17.0 Å². The Hall–Kier alpha value is -1.63. The van der Waals surface area contributed by atoms with Crippen LogP contribution in [0.3, 0.4) is 0 Å². The molecule has 0 N–H and O–H groups in total. The highest BCUT2D eigenvalue weighted by Gasteiger charge is 2.40. The second-order valence-corrected chi connectivity index (χ2v) is 5.63. The number of likely N-dealkylation sites (tertiary alicyclic amines) is 1. The lowest BCUT2D eigenvalue weighted by atomic mass is 9.96. The third-order valence-electron chi connectivity index (χ3n) is 4.18. The number of halogens is 3. The Morgan fingerprint density at radius 2 is 1.52 bits per heavy atom. The Morgan fingerprint density at radius 3 is 1.91 bits per heavy atom. The van der Waals surface area contributed by atoms with Crippen molar-refractivity contribution in [3.8, 4) is 17.2 Å². The van der Waals surface area contributed by atoms with Gasteiger partial charge < -0.3 is 14.2 Å². The number of alkyl halides is 3. The largest absolute Gasteiger partial charge is 0.493 e. The van der Waals surface area contributed by atoms with Crippen molar-refractivity contribution in [2.24, 2.45) is 5.92 Å². The topological polar surface area (TPSA) is 30.9 Å². The quantitative estimate of drug-likeness (QED) is 0.825. The van der Waals surface area contributed by atoms with E-state index >= 15 is 0 Å². The monoisotopic (exact) mass is 333 g/mol. The number of rotatable bonds is 5. The van der Waals surface area contributed by atoms with Crippen LogP contribution in [-0.4, -0.2) is 45.5 Å². The summed E-state index contributed by atoms with van der Waals surface area (Å²) < 4.78 is 54.0. The van der Waals surface area contributed by atoms with E-state index in [1.165, 1.54) is 21.3 Å². The van der Waals surface area contributed by atoms with Crippen molar-refractivity contribution in [2.75, 3.05) is 34.4 Å². The Kier molecular flexibility index (Phi) is 5.62. The number of benzene rings is 1. The summed E-state index contributed by atoms with van der Waals surface area (Å²) >= 11 is 0. The van der Waals surface area contributed by atoms with Gasteiger partial charge in [-0.05, 0) is 43.6 Å². The van der Waals surface area contributed by atoms with Gasteiger partial charge in [0.05, 0.1) is 27.2 Å². The summed E-state index contributed by atoms with van der Waals surface area (Å²) in [5.41, 5.74) is 0.921. The third-order valence-corrected chi connectivity index (χ3v) is 4.18. The Balaban J connectivity index is 2.07. The smallest absolute Gasteiger partial charge is 0.391 e. The first-order chi connectivity index (χ1) is 10.9. The van der Waals surface area contributed by atoms with Gasteiger partial charge in [-0.1, -0.05) is 0 Å². The highest BCUT2D eigenvalue weighted by molar-refractivity contribution is 5.53. The molecule has 1 fully saturated rings. The number of ether oxygens (including phenoxy) is 3. The highest BCUT2D eigenvalue weighted by atomic mass is 19.4. The average molecular weight is 333 g/mol. The molecule has 0 amide bonds. The fourth-order valence-corrected chi connectivity index (χ4v) is 2.90. The lowest BCUT2D eigenvalue weighted by molar-refractivity contribution is -0.185. The van der Waals surface area contributed by atoms with Crippen molar-refractivity contribution in [3.63, 3.8) is 0 Å². The molecule has 1 aliphatic heterocycles. The number of piperidine rings is 1. The molecule has 4 nitrogen and oxygen atoms in total. The normalized spacial score (nSPS) is 17.1. The molecule has 1 saturated heterocycles. The van der Waals surface area contributed by atoms with E-state index in [0.717, 1.165) is 5.56 Å². The maximum atomic E-state index is 12.7. The van der Waals surface area contributed by atoms with Gasteiger partial charge in [-0.2, -0.15) is 13.2 Å². The molecule has 1 aromatic rings. The van der Waals surface area contributed by atoms with Crippen LogP contribution in [-0.2, 0) is 6.54 Å². The van der Waals surface area contributed by atoms with Crippen LogP contribution in [0, 0.1) is 5.92 Å². The lowest BCUT2D eigenvalue weighted by Crippen LogP contribution is -2.38. The Morgan fingerprint density at radius 1 is 1.00 bits per heavy atom. The van der Waals surface area contributed by atoms with Crippen molar-refractivity contribution < 1.29 is 27.4 Å². The molecule has 0 aromatic heterocycles. The lowest BCUT2D eigenvalue weighted by Gasteiger charge is -2.33. The van der Waals surface area contributed by atoms with Gasteiger partial charge in [0.2, 0.25) is 5.75 Å². The summed E-state index contributed by atoms with van der Waals surface area (Å²) in [6, 6.07) is 3.66. The molecule has 7 heteroatoms. The number of nitrogens with zero attached hydrogens (tertiary/aromatic N) is 1. The minimum atomic E-state index is -4.08. The molecule has 0 unspecified atom stereocenters. The maximum Gasteiger partial charge on any atom is 0.391 e. The first-order valence-corrected chi connectivity index (χ1v) is 7.47. The van der Waals surface area contributed by atoms with Gasteiger partial charge in [0, 0.05) is 6.54 Å². The SMILES string of the molecule is COc1cc(CN2CCC(C(F)(F)F)CC2)cc(OC)c1OC. The summed E-state index contributed by atoms with van der Waals surface area (Å²) in [5.74, 6) is 0.423. The van der Waals surface area contributed by atoms with Crippen LogP contribution in [0.25, 0.3) is 0 Å². The molecule has 0 atom stereocenters. The van der Waals surface area contributed by atoms with E-state index < -0.39 is 12.1 Å². The summed E-state index contributed by atoms with van der Waals surface area (Å²) in [7, 11) is 4.60. The molecule has 130 valence electrons. The van der Waals surface area contributed by atoms with Gasteiger partial charge in [0.25, 0.3) is 0 Å². The van der Waals surface area contributed by atoms with Crippen molar-refractivity contribution in [1.29, 1.82) is 0 Å². The van der Waals surface area contributed by atoms with Crippen LogP contribution in [0.5, 0.6) is 17.2 Å². The van der Waals surface area contributed by atoms with Crippen LogP contribution in [0.1, 0.15) is 18.4 Å². The van der Waals surface area contributed by atoms with Gasteiger partial charge in [0.1, 0.15) is 0 Å². The molecule has 0 bridgehead atoms. The Labute approximate surface area is 134 Å². The Bertz CT molecular complexity index is 501. The molecule has 0 radical (unpaired) electrons. The summed E-state index contributed by atoms with van der Waals surface area (Å²) in [6.07, 6.45) is -3.79. The van der Waals surface area contributed by atoms with Crippen molar-refractivity contribution in [3.05, 3.63) is 17.7 Å². The van der Waals surface area contributed by atoms with E-state index in [2.05, 4.69) is 0 Å². The van der Waals surface area contributed by atoms with E-state index in [-0.39, 0.29) is 12.8 Å². The molecular weight excluding hydrogens is 311 g/mol. The summed E-state index contributed by atoms with van der Waals surface area (Å²) in [6.45, 7) is 1.42. The highest BCUT2D eigenvalue weighted by Crippen LogP contribution is 2.39. The zero-order valence-electron chi connectivity index (χ0n) is 13.6. The van der Waals surface area contributed by atoms with Gasteiger partial charge in [-0.15, -0.1) is 0 Å². The first-order valence-electron chi connectivity index (χ1n) is 7.47. The first kappa shape index (κ1) is 17.7. The van der Waals surface area contributed by atoms with Gasteiger partial charge in [0.15, 0.2) is 11.5 Å². The fraction of sp³-hybridized carbons (Fsp3) is 0.625. The molecule has 1 heterocycles. The molecular formula is C16H22F3NO3.